The summed E-state index contributed by atoms with van der Waals surface area (Å²) in [7, 11) is 1.85. The van der Waals surface area contributed by atoms with E-state index in [0.717, 1.165) is 32.5 Å². The van der Waals surface area contributed by atoms with Crippen molar-refractivity contribution in [1.82, 2.24) is 9.80 Å². The summed E-state index contributed by atoms with van der Waals surface area (Å²) in [6.45, 7) is 5.36. The zero-order chi connectivity index (χ0) is 13.1. The SMILES string of the molecule is CCN1CCC(N(C)C(=O)c2ccoc2Cl)CC1. The van der Waals surface area contributed by atoms with Crippen molar-refractivity contribution in [2.75, 3.05) is 26.7 Å². The fourth-order valence-electron chi connectivity index (χ4n) is 2.42. The summed E-state index contributed by atoms with van der Waals surface area (Å²) < 4.78 is 4.97. The number of nitrogens with zero attached hydrogens (tertiary/aromatic N) is 2. The second kappa shape index (κ2) is 5.76. The molecule has 18 heavy (non-hydrogen) atoms. The van der Waals surface area contributed by atoms with E-state index in [0.29, 0.717) is 11.6 Å². The molecule has 100 valence electrons. The molecule has 1 aliphatic rings. The first-order chi connectivity index (χ1) is 8.63. The van der Waals surface area contributed by atoms with E-state index >= 15 is 0 Å². The van der Waals surface area contributed by atoms with Gasteiger partial charge in [0.15, 0.2) is 0 Å². The smallest absolute Gasteiger partial charge is 0.258 e. The molecule has 0 saturated carbocycles. The summed E-state index contributed by atoms with van der Waals surface area (Å²) in [6.07, 6.45) is 3.49. The number of likely N-dealkylation sites (tertiary alicyclic amines) is 1. The maximum Gasteiger partial charge on any atom is 0.258 e. The van der Waals surface area contributed by atoms with Gasteiger partial charge in [-0.3, -0.25) is 4.79 Å². The average molecular weight is 271 g/mol. The lowest BCUT2D eigenvalue weighted by Crippen LogP contribution is -2.45. The van der Waals surface area contributed by atoms with Gasteiger partial charge in [-0.25, -0.2) is 0 Å². The Morgan fingerprint density at radius 2 is 2.22 bits per heavy atom. The Morgan fingerprint density at radius 1 is 1.56 bits per heavy atom. The molecule has 0 atom stereocenters. The van der Waals surface area contributed by atoms with Crippen molar-refractivity contribution in [1.29, 1.82) is 0 Å². The summed E-state index contributed by atoms with van der Waals surface area (Å²) in [4.78, 5) is 16.4. The van der Waals surface area contributed by atoms with Crippen molar-refractivity contribution in [3.63, 3.8) is 0 Å². The number of carbonyl (C=O) groups excluding carboxylic acids is 1. The molecular formula is C13H19ClN2O2. The van der Waals surface area contributed by atoms with Crippen molar-refractivity contribution >= 4 is 17.5 Å². The van der Waals surface area contributed by atoms with Crippen molar-refractivity contribution < 1.29 is 9.21 Å². The van der Waals surface area contributed by atoms with Crippen molar-refractivity contribution in [3.05, 3.63) is 23.1 Å². The first-order valence-electron chi connectivity index (χ1n) is 6.36. The maximum atomic E-state index is 12.2. The van der Waals surface area contributed by atoms with Crippen molar-refractivity contribution in [2.24, 2.45) is 0 Å². The van der Waals surface area contributed by atoms with Crippen LogP contribution in [0.3, 0.4) is 0 Å². The highest BCUT2D eigenvalue weighted by Gasteiger charge is 2.27. The van der Waals surface area contributed by atoms with Gasteiger partial charge in [0.1, 0.15) is 0 Å². The molecule has 0 radical (unpaired) electrons. The van der Waals surface area contributed by atoms with Gasteiger partial charge >= 0.3 is 0 Å². The highest BCUT2D eigenvalue weighted by molar-refractivity contribution is 6.32. The minimum absolute atomic E-state index is 0.0521. The van der Waals surface area contributed by atoms with E-state index in [2.05, 4.69) is 11.8 Å². The minimum Gasteiger partial charge on any atom is -0.452 e. The molecule has 2 heterocycles. The van der Waals surface area contributed by atoms with Gasteiger partial charge in [-0.05, 0) is 37.1 Å². The molecule has 2 rings (SSSR count). The summed E-state index contributed by atoms with van der Waals surface area (Å²) in [5.41, 5.74) is 0.456. The molecule has 1 aromatic rings. The Hall–Kier alpha value is -1.00. The van der Waals surface area contributed by atoms with Gasteiger partial charge in [0.2, 0.25) is 5.22 Å². The highest BCUT2D eigenvalue weighted by Crippen LogP contribution is 2.22. The molecule has 1 aromatic heterocycles. The average Bonchev–Trinajstić information content (AvgIpc) is 2.83. The third-order valence-corrected chi connectivity index (χ3v) is 4.01. The molecular weight excluding hydrogens is 252 g/mol. The van der Waals surface area contributed by atoms with Gasteiger partial charge in [0.25, 0.3) is 5.91 Å². The molecule has 0 aliphatic carbocycles. The molecule has 0 aromatic carbocycles. The lowest BCUT2D eigenvalue weighted by atomic mass is 10.0. The molecule has 0 spiro atoms. The van der Waals surface area contributed by atoms with E-state index in [4.69, 9.17) is 16.0 Å². The van der Waals surface area contributed by atoms with Gasteiger partial charge in [-0.15, -0.1) is 0 Å². The summed E-state index contributed by atoms with van der Waals surface area (Å²) in [6, 6.07) is 1.92. The van der Waals surface area contributed by atoms with Crippen LogP contribution in [0.15, 0.2) is 16.7 Å². The second-order valence-corrected chi connectivity index (χ2v) is 5.03. The van der Waals surface area contributed by atoms with E-state index in [1.807, 2.05) is 7.05 Å². The van der Waals surface area contributed by atoms with E-state index in [9.17, 15) is 4.79 Å². The number of carbonyl (C=O) groups is 1. The Kier molecular flexibility index (Phi) is 4.30. The van der Waals surface area contributed by atoms with Crippen LogP contribution in [0.1, 0.15) is 30.1 Å². The number of piperidine rings is 1. The zero-order valence-corrected chi connectivity index (χ0v) is 11.6. The van der Waals surface area contributed by atoms with Crippen LogP contribution in [-0.2, 0) is 0 Å². The van der Waals surface area contributed by atoms with Crippen LogP contribution >= 0.6 is 11.6 Å². The predicted molar refractivity (Wildman–Crippen MR) is 70.9 cm³/mol. The standard InChI is InChI=1S/C13H19ClN2O2/c1-3-16-7-4-10(5-8-16)15(2)13(17)11-6-9-18-12(11)14/h6,9-10H,3-5,7-8H2,1-2H3. The monoisotopic (exact) mass is 270 g/mol. The number of furan rings is 1. The largest absolute Gasteiger partial charge is 0.452 e. The van der Waals surface area contributed by atoms with Gasteiger partial charge in [0.05, 0.1) is 11.8 Å². The molecule has 0 bridgehead atoms. The number of amides is 1. The number of hydrogen-bond acceptors (Lipinski definition) is 3. The summed E-state index contributed by atoms with van der Waals surface area (Å²) >= 11 is 5.84. The Balaban J connectivity index is 1.98. The van der Waals surface area contributed by atoms with E-state index in [1.165, 1.54) is 6.26 Å². The molecule has 5 heteroatoms. The fraction of sp³-hybridized carbons (Fsp3) is 0.615. The van der Waals surface area contributed by atoms with Gasteiger partial charge in [-0.1, -0.05) is 6.92 Å². The third-order valence-electron chi connectivity index (χ3n) is 3.72. The van der Waals surface area contributed by atoms with Crippen LogP contribution in [0.5, 0.6) is 0 Å². The molecule has 1 aliphatic heterocycles. The quantitative estimate of drug-likeness (QED) is 0.847. The number of hydrogen-bond donors (Lipinski definition) is 0. The minimum atomic E-state index is -0.0521. The van der Waals surface area contributed by atoms with Gasteiger partial charge < -0.3 is 14.2 Å². The summed E-state index contributed by atoms with van der Waals surface area (Å²) in [5, 5.41) is 0.179. The van der Waals surface area contributed by atoms with Crippen LogP contribution in [0, 0.1) is 0 Å². The van der Waals surface area contributed by atoms with Crippen LogP contribution in [0.2, 0.25) is 5.22 Å². The topological polar surface area (TPSA) is 36.7 Å². The first kappa shape index (κ1) is 13.4. The Bertz CT molecular complexity index is 411. The molecule has 1 saturated heterocycles. The van der Waals surface area contributed by atoms with Crippen molar-refractivity contribution in [2.45, 2.75) is 25.8 Å². The molecule has 0 N–H and O–H groups in total. The van der Waals surface area contributed by atoms with E-state index in [1.54, 1.807) is 11.0 Å². The lowest BCUT2D eigenvalue weighted by molar-refractivity contribution is 0.0646. The van der Waals surface area contributed by atoms with Crippen molar-refractivity contribution in [3.8, 4) is 0 Å². The third kappa shape index (κ3) is 2.70. The van der Waals surface area contributed by atoms with Crippen LogP contribution in [0.25, 0.3) is 0 Å². The van der Waals surface area contributed by atoms with Crippen LogP contribution < -0.4 is 0 Å². The molecule has 1 amide bonds. The highest BCUT2D eigenvalue weighted by atomic mass is 35.5. The zero-order valence-electron chi connectivity index (χ0n) is 10.9. The van der Waals surface area contributed by atoms with E-state index in [-0.39, 0.29) is 11.1 Å². The molecule has 1 fully saturated rings. The Labute approximate surface area is 112 Å². The fourth-order valence-corrected chi connectivity index (χ4v) is 2.62. The lowest BCUT2D eigenvalue weighted by Gasteiger charge is -2.36. The predicted octanol–water partition coefficient (Wildman–Crippen LogP) is 2.49. The van der Waals surface area contributed by atoms with Crippen LogP contribution in [0.4, 0.5) is 0 Å². The van der Waals surface area contributed by atoms with Gasteiger partial charge in [0, 0.05) is 26.2 Å². The molecule has 0 unspecified atom stereocenters. The number of halogens is 1. The summed E-state index contributed by atoms with van der Waals surface area (Å²) in [5.74, 6) is -0.0521. The first-order valence-corrected chi connectivity index (χ1v) is 6.73. The van der Waals surface area contributed by atoms with E-state index < -0.39 is 0 Å². The maximum absolute atomic E-state index is 12.2. The second-order valence-electron chi connectivity index (χ2n) is 4.69. The molecule has 4 nitrogen and oxygen atoms in total. The Morgan fingerprint density at radius 3 is 2.72 bits per heavy atom. The van der Waals surface area contributed by atoms with Crippen LogP contribution in [-0.4, -0.2) is 48.4 Å². The number of rotatable bonds is 3. The normalized spacial score (nSPS) is 17.9. The van der Waals surface area contributed by atoms with Gasteiger partial charge in [-0.2, -0.15) is 0 Å².